The normalized spacial score (nSPS) is 25.8. The molecule has 21 heavy (non-hydrogen) atoms. The summed E-state index contributed by atoms with van der Waals surface area (Å²) in [6.07, 6.45) is 10.4. The molecule has 0 aliphatic heterocycles. The maximum absolute atomic E-state index is 11.7. The molecule has 2 aliphatic carbocycles. The van der Waals surface area contributed by atoms with Gasteiger partial charge in [-0.3, -0.25) is 0 Å². The van der Waals surface area contributed by atoms with Gasteiger partial charge in [-0.05, 0) is 72.3 Å². The molecule has 1 fully saturated rings. The molecule has 0 aromatic carbocycles. The van der Waals surface area contributed by atoms with Gasteiger partial charge in [0, 0.05) is 12.1 Å². The SMILES string of the molecule is CC(C)(C)OC(=O)NC1CCC(NCCC2=CCCC2)C1. The molecule has 0 spiro atoms. The van der Waals surface area contributed by atoms with Crippen LogP contribution in [0.2, 0.25) is 0 Å². The molecule has 2 rings (SSSR count). The highest BCUT2D eigenvalue weighted by Gasteiger charge is 2.27. The Kier molecular flexibility index (Phi) is 5.68. The molecule has 2 unspecified atom stereocenters. The van der Waals surface area contributed by atoms with E-state index in [4.69, 9.17) is 4.74 Å². The summed E-state index contributed by atoms with van der Waals surface area (Å²) in [5.41, 5.74) is 1.19. The van der Waals surface area contributed by atoms with E-state index in [2.05, 4.69) is 16.7 Å². The Morgan fingerprint density at radius 2 is 2.10 bits per heavy atom. The van der Waals surface area contributed by atoms with Gasteiger partial charge in [0.05, 0.1) is 0 Å². The van der Waals surface area contributed by atoms with Crippen LogP contribution >= 0.6 is 0 Å². The average Bonchev–Trinajstić information content (AvgIpc) is 2.98. The first kappa shape index (κ1) is 16.3. The standard InChI is InChI=1S/C17H30N2O2/c1-17(2,3)21-16(20)19-15-9-8-14(12-15)18-11-10-13-6-4-5-7-13/h6,14-15,18H,4-5,7-12H2,1-3H3,(H,19,20). The molecule has 2 N–H and O–H groups in total. The average molecular weight is 294 g/mol. The van der Waals surface area contributed by atoms with Gasteiger partial charge >= 0.3 is 6.09 Å². The third kappa shape index (κ3) is 6.08. The molecule has 120 valence electrons. The van der Waals surface area contributed by atoms with Crippen molar-refractivity contribution >= 4 is 6.09 Å². The van der Waals surface area contributed by atoms with E-state index >= 15 is 0 Å². The van der Waals surface area contributed by atoms with Crippen molar-refractivity contribution in [3.63, 3.8) is 0 Å². The molecule has 0 radical (unpaired) electrons. The summed E-state index contributed by atoms with van der Waals surface area (Å²) in [4.78, 5) is 11.7. The third-order valence-electron chi connectivity index (χ3n) is 4.17. The summed E-state index contributed by atoms with van der Waals surface area (Å²) in [6, 6.07) is 0.787. The zero-order valence-corrected chi connectivity index (χ0v) is 13.7. The van der Waals surface area contributed by atoms with Gasteiger partial charge in [-0.15, -0.1) is 0 Å². The highest BCUT2D eigenvalue weighted by molar-refractivity contribution is 5.68. The molecule has 0 aromatic rings. The van der Waals surface area contributed by atoms with E-state index in [0.29, 0.717) is 6.04 Å². The van der Waals surface area contributed by atoms with Crippen LogP contribution < -0.4 is 10.6 Å². The molecular weight excluding hydrogens is 264 g/mol. The van der Waals surface area contributed by atoms with Gasteiger partial charge in [-0.1, -0.05) is 11.6 Å². The number of nitrogens with one attached hydrogen (secondary N) is 2. The van der Waals surface area contributed by atoms with Crippen LogP contribution in [0.15, 0.2) is 11.6 Å². The van der Waals surface area contributed by atoms with Crippen LogP contribution in [0.5, 0.6) is 0 Å². The van der Waals surface area contributed by atoms with Crippen LogP contribution in [0.1, 0.15) is 65.7 Å². The lowest BCUT2D eigenvalue weighted by molar-refractivity contribution is 0.0505. The fraction of sp³-hybridized carbons (Fsp3) is 0.824. The lowest BCUT2D eigenvalue weighted by atomic mass is 10.1. The minimum atomic E-state index is -0.421. The van der Waals surface area contributed by atoms with Crippen LogP contribution in [-0.2, 0) is 4.74 Å². The van der Waals surface area contributed by atoms with Crippen LogP contribution in [0.3, 0.4) is 0 Å². The highest BCUT2D eigenvalue weighted by Crippen LogP contribution is 2.22. The second kappa shape index (κ2) is 7.30. The summed E-state index contributed by atoms with van der Waals surface area (Å²) >= 11 is 0. The minimum absolute atomic E-state index is 0.253. The Morgan fingerprint density at radius 1 is 1.33 bits per heavy atom. The van der Waals surface area contributed by atoms with Crippen molar-refractivity contribution in [1.82, 2.24) is 10.6 Å². The van der Waals surface area contributed by atoms with Crippen molar-refractivity contribution in [3.05, 3.63) is 11.6 Å². The molecule has 1 saturated carbocycles. The monoisotopic (exact) mass is 294 g/mol. The van der Waals surface area contributed by atoms with E-state index in [1.54, 1.807) is 5.57 Å². The zero-order chi connectivity index (χ0) is 15.3. The minimum Gasteiger partial charge on any atom is -0.444 e. The lowest BCUT2D eigenvalue weighted by Crippen LogP contribution is -2.39. The first-order valence-electron chi connectivity index (χ1n) is 8.33. The topological polar surface area (TPSA) is 50.4 Å². The summed E-state index contributed by atoms with van der Waals surface area (Å²) < 4.78 is 5.31. The first-order valence-corrected chi connectivity index (χ1v) is 8.33. The molecule has 4 nitrogen and oxygen atoms in total. The maximum Gasteiger partial charge on any atom is 0.407 e. The van der Waals surface area contributed by atoms with Gasteiger partial charge in [0.1, 0.15) is 5.60 Å². The van der Waals surface area contributed by atoms with Gasteiger partial charge < -0.3 is 15.4 Å². The van der Waals surface area contributed by atoms with Gasteiger partial charge in [0.2, 0.25) is 0 Å². The summed E-state index contributed by atoms with van der Waals surface area (Å²) in [7, 11) is 0. The zero-order valence-electron chi connectivity index (χ0n) is 13.7. The Morgan fingerprint density at radius 3 is 2.76 bits per heavy atom. The van der Waals surface area contributed by atoms with Gasteiger partial charge in [0.25, 0.3) is 0 Å². The number of rotatable bonds is 5. The second-order valence-corrected chi connectivity index (χ2v) is 7.31. The fourth-order valence-electron chi connectivity index (χ4n) is 3.17. The number of carbonyl (C=O) groups excluding carboxylic acids is 1. The Hall–Kier alpha value is -1.03. The number of allylic oxidation sites excluding steroid dienone is 1. The van der Waals surface area contributed by atoms with Crippen molar-refractivity contribution in [2.24, 2.45) is 0 Å². The lowest BCUT2D eigenvalue weighted by Gasteiger charge is -2.21. The van der Waals surface area contributed by atoms with Crippen molar-refractivity contribution in [3.8, 4) is 0 Å². The van der Waals surface area contributed by atoms with E-state index in [1.165, 1.54) is 25.7 Å². The number of hydrogen-bond donors (Lipinski definition) is 2. The summed E-state index contributed by atoms with van der Waals surface area (Å²) in [6.45, 7) is 6.74. The molecule has 0 bridgehead atoms. The van der Waals surface area contributed by atoms with E-state index in [1.807, 2.05) is 20.8 Å². The van der Waals surface area contributed by atoms with Gasteiger partial charge in [0.15, 0.2) is 0 Å². The van der Waals surface area contributed by atoms with Crippen LogP contribution in [0, 0.1) is 0 Å². The molecule has 0 aromatic heterocycles. The number of amides is 1. The number of carbonyl (C=O) groups is 1. The number of alkyl carbamates (subject to hydrolysis) is 1. The van der Waals surface area contributed by atoms with Gasteiger partial charge in [-0.2, -0.15) is 0 Å². The Bertz CT molecular complexity index is 385. The van der Waals surface area contributed by atoms with Crippen LogP contribution in [-0.4, -0.2) is 30.3 Å². The molecular formula is C17H30N2O2. The molecule has 1 amide bonds. The molecule has 2 aliphatic rings. The quantitative estimate of drug-likeness (QED) is 0.763. The second-order valence-electron chi connectivity index (χ2n) is 7.31. The molecule has 4 heteroatoms. The predicted octanol–water partition coefficient (Wildman–Crippen LogP) is 3.52. The van der Waals surface area contributed by atoms with Crippen molar-refractivity contribution < 1.29 is 9.53 Å². The maximum atomic E-state index is 11.7. The van der Waals surface area contributed by atoms with E-state index in [0.717, 1.165) is 25.8 Å². The molecule has 0 saturated heterocycles. The molecule has 2 atom stereocenters. The summed E-state index contributed by atoms with van der Waals surface area (Å²) in [5, 5.41) is 6.61. The van der Waals surface area contributed by atoms with E-state index in [-0.39, 0.29) is 12.1 Å². The Labute approximate surface area is 128 Å². The largest absolute Gasteiger partial charge is 0.444 e. The van der Waals surface area contributed by atoms with E-state index in [9.17, 15) is 4.79 Å². The van der Waals surface area contributed by atoms with Crippen LogP contribution in [0.4, 0.5) is 4.79 Å². The van der Waals surface area contributed by atoms with Crippen molar-refractivity contribution in [2.75, 3.05) is 6.54 Å². The smallest absolute Gasteiger partial charge is 0.407 e. The van der Waals surface area contributed by atoms with Crippen LogP contribution in [0.25, 0.3) is 0 Å². The van der Waals surface area contributed by atoms with Gasteiger partial charge in [-0.25, -0.2) is 4.79 Å². The fourth-order valence-corrected chi connectivity index (χ4v) is 3.17. The predicted molar refractivity (Wildman–Crippen MR) is 85.4 cm³/mol. The first-order chi connectivity index (χ1) is 9.92. The van der Waals surface area contributed by atoms with Crippen molar-refractivity contribution in [2.45, 2.75) is 83.4 Å². The highest BCUT2D eigenvalue weighted by atomic mass is 16.6. The van der Waals surface area contributed by atoms with Crippen molar-refractivity contribution in [1.29, 1.82) is 0 Å². The van der Waals surface area contributed by atoms with E-state index < -0.39 is 5.60 Å². The summed E-state index contributed by atoms with van der Waals surface area (Å²) in [5.74, 6) is 0. The number of hydrogen-bond acceptors (Lipinski definition) is 3. The molecule has 0 heterocycles. The number of ether oxygens (including phenoxy) is 1. The Balaban J connectivity index is 1.60. The third-order valence-corrected chi connectivity index (χ3v) is 4.17.